The van der Waals surface area contributed by atoms with E-state index in [0.717, 1.165) is 68.5 Å². The van der Waals surface area contributed by atoms with Gasteiger partial charge in [-0.15, -0.1) is 6.42 Å². The molecule has 2 unspecified atom stereocenters. The highest BCUT2D eigenvalue weighted by Crippen LogP contribution is 2.42. The van der Waals surface area contributed by atoms with E-state index in [1.54, 1.807) is 12.1 Å². The minimum Gasteiger partial charge on any atom is -0.508 e. The Morgan fingerprint density at radius 1 is 1.11 bits per heavy atom. The van der Waals surface area contributed by atoms with Crippen LogP contribution in [0.5, 0.6) is 17.6 Å². The molecule has 0 aliphatic carbocycles. The van der Waals surface area contributed by atoms with E-state index >= 15 is 0 Å². The SMILES string of the molecule is C#Cc1cccc2cc(O)cc(-c3nc4c5c(nc(OCC67CCCN6CCC7)nc5n3)N3CCNC(CCC)C3CO4)c12. The molecule has 2 aromatic carbocycles. The van der Waals surface area contributed by atoms with E-state index in [2.05, 4.69) is 28.0 Å². The van der Waals surface area contributed by atoms with Crippen LogP contribution in [0.4, 0.5) is 5.82 Å². The van der Waals surface area contributed by atoms with Gasteiger partial charge in [0.05, 0.1) is 11.6 Å². The van der Waals surface area contributed by atoms with Crippen LogP contribution in [0.3, 0.4) is 0 Å². The molecule has 6 heterocycles. The van der Waals surface area contributed by atoms with Gasteiger partial charge in [0.25, 0.3) is 0 Å². The molecule has 0 bridgehead atoms. The van der Waals surface area contributed by atoms with Gasteiger partial charge in [-0.3, -0.25) is 4.90 Å². The van der Waals surface area contributed by atoms with Crippen molar-refractivity contribution in [3.05, 3.63) is 35.9 Å². The number of nitrogens with one attached hydrogen (secondary N) is 1. The zero-order valence-electron chi connectivity index (χ0n) is 25.1. The molecule has 2 N–H and O–H groups in total. The molecule has 8 rings (SSSR count). The Kier molecular flexibility index (Phi) is 6.69. The number of nitrogens with zero attached hydrogens (tertiary/aromatic N) is 6. The maximum absolute atomic E-state index is 10.7. The molecule has 0 spiro atoms. The summed E-state index contributed by atoms with van der Waals surface area (Å²) < 4.78 is 13.0. The van der Waals surface area contributed by atoms with Gasteiger partial charge in [0.2, 0.25) is 5.88 Å². The molecule has 0 saturated carbocycles. The molecule has 4 aromatic rings. The highest BCUT2D eigenvalue weighted by atomic mass is 16.5. The summed E-state index contributed by atoms with van der Waals surface area (Å²) >= 11 is 0. The lowest BCUT2D eigenvalue weighted by molar-refractivity contribution is 0.108. The number of phenols is 1. The van der Waals surface area contributed by atoms with Crippen molar-refractivity contribution in [2.24, 2.45) is 0 Å². The number of phenolic OH excluding ortho intramolecular Hbond substituents is 1. The number of benzene rings is 2. The lowest BCUT2D eigenvalue weighted by atomic mass is 9.95. The summed E-state index contributed by atoms with van der Waals surface area (Å²) in [6.45, 7) is 7.10. The van der Waals surface area contributed by atoms with Gasteiger partial charge >= 0.3 is 6.01 Å². The van der Waals surface area contributed by atoms with Crippen molar-refractivity contribution >= 4 is 27.6 Å². The molecule has 3 fully saturated rings. The van der Waals surface area contributed by atoms with Crippen LogP contribution in [0.15, 0.2) is 30.3 Å². The summed E-state index contributed by atoms with van der Waals surface area (Å²) in [5.74, 6) is 4.46. The van der Waals surface area contributed by atoms with Crippen molar-refractivity contribution in [2.45, 2.75) is 63.1 Å². The van der Waals surface area contributed by atoms with Gasteiger partial charge in [-0.25, -0.2) is 4.98 Å². The van der Waals surface area contributed by atoms with E-state index in [4.69, 9.17) is 35.8 Å². The number of piperazine rings is 1. The molecular weight excluding hydrogens is 554 g/mol. The van der Waals surface area contributed by atoms with Crippen LogP contribution in [0.25, 0.3) is 33.2 Å². The van der Waals surface area contributed by atoms with Crippen molar-refractivity contribution < 1.29 is 14.6 Å². The molecule has 226 valence electrons. The van der Waals surface area contributed by atoms with E-state index in [9.17, 15) is 5.11 Å². The van der Waals surface area contributed by atoms with Crippen molar-refractivity contribution in [3.8, 4) is 41.4 Å². The zero-order chi connectivity index (χ0) is 29.8. The van der Waals surface area contributed by atoms with E-state index in [-0.39, 0.29) is 23.4 Å². The van der Waals surface area contributed by atoms with Crippen LogP contribution in [0.1, 0.15) is 51.0 Å². The second-order valence-corrected chi connectivity index (χ2v) is 12.6. The van der Waals surface area contributed by atoms with Crippen molar-refractivity contribution in [1.29, 1.82) is 0 Å². The first kappa shape index (κ1) is 27.4. The summed E-state index contributed by atoms with van der Waals surface area (Å²) in [6, 6.07) is 9.70. The van der Waals surface area contributed by atoms with Gasteiger partial charge in [0.15, 0.2) is 17.3 Å². The number of terminal acetylenes is 1. The number of anilines is 1. The van der Waals surface area contributed by atoms with Gasteiger partial charge in [-0.1, -0.05) is 31.4 Å². The van der Waals surface area contributed by atoms with Gasteiger partial charge in [-0.2, -0.15) is 15.0 Å². The molecule has 10 heteroatoms. The number of rotatable bonds is 6. The monoisotopic (exact) mass is 591 g/mol. The topological polar surface area (TPSA) is 109 Å². The van der Waals surface area contributed by atoms with Crippen LogP contribution < -0.4 is 19.7 Å². The molecular formula is C34H37N7O3. The lowest BCUT2D eigenvalue weighted by Crippen LogP contribution is -2.60. The van der Waals surface area contributed by atoms with Gasteiger partial charge in [0.1, 0.15) is 24.3 Å². The fourth-order valence-electron chi connectivity index (χ4n) is 7.96. The predicted octanol–water partition coefficient (Wildman–Crippen LogP) is 4.27. The first-order chi connectivity index (χ1) is 21.6. The molecule has 0 amide bonds. The number of fused-ring (bicyclic) bond motifs is 4. The normalized spacial score (nSPS) is 22.3. The number of hydrogen-bond acceptors (Lipinski definition) is 10. The molecule has 3 saturated heterocycles. The molecule has 10 nitrogen and oxygen atoms in total. The second kappa shape index (κ2) is 10.8. The Hall–Kier alpha value is -4.20. The fraction of sp³-hybridized carbons (Fsp3) is 0.471. The summed E-state index contributed by atoms with van der Waals surface area (Å²) in [7, 11) is 0. The molecule has 0 radical (unpaired) electrons. The van der Waals surface area contributed by atoms with Gasteiger partial charge < -0.3 is 24.8 Å². The highest BCUT2D eigenvalue weighted by molar-refractivity contribution is 6.02. The smallest absolute Gasteiger partial charge is 0.320 e. The maximum Gasteiger partial charge on any atom is 0.320 e. The third-order valence-electron chi connectivity index (χ3n) is 10.0. The largest absolute Gasteiger partial charge is 0.508 e. The third kappa shape index (κ3) is 4.41. The molecule has 44 heavy (non-hydrogen) atoms. The Morgan fingerprint density at radius 3 is 2.80 bits per heavy atom. The Bertz CT molecular complexity index is 1790. The van der Waals surface area contributed by atoms with Gasteiger partial charge in [-0.05, 0) is 68.8 Å². The number of hydrogen-bond donors (Lipinski definition) is 2. The molecule has 2 atom stereocenters. The quantitative estimate of drug-likeness (QED) is 0.316. The van der Waals surface area contributed by atoms with E-state index in [1.807, 2.05) is 18.2 Å². The fourth-order valence-corrected chi connectivity index (χ4v) is 7.96. The average Bonchev–Trinajstić information content (AvgIpc) is 3.57. The van der Waals surface area contributed by atoms with Crippen LogP contribution in [0, 0.1) is 12.3 Å². The minimum absolute atomic E-state index is 0.0629. The zero-order valence-corrected chi connectivity index (χ0v) is 25.1. The predicted molar refractivity (Wildman–Crippen MR) is 169 cm³/mol. The van der Waals surface area contributed by atoms with Gasteiger partial charge in [0, 0.05) is 35.6 Å². The third-order valence-corrected chi connectivity index (χ3v) is 10.0. The van der Waals surface area contributed by atoms with Crippen LogP contribution in [0.2, 0.25) is 0 Å². The Balaban J connectivity index is 1.29. The lowest BCUT2D eigenvalue weighted by Gasteiger charge is -2.41. The van der Waals surface area contributed by atoms with Crippen molar-refractivity contribution in [2.75, 3.05) is 44.3 Å². The molecule has 2 aromatic heterocycles. The highest BCUT2D eigenvalue weighted by Gasteiger charge is 2.45. The summed E-state index contributed by atoms with van der Waals surface area (Å²) in [5.41, 5.74) is 1.84. The van der Waals surface area contributed by atoms with E-state index in [1.165, 1.54) is 12.8 Å². The summed E-state index contributed by atoms with van der Waals surface area (Å²) in [6.07, 6.45) is 12.7. The Labute approximate surface area is 256 Å². The minimum atomic E-state index is 0.0629. The van der Waals surface area contributed by atoms with Crippen LogP contribution >= 0.6 is 0 Å². The summed E-state index contributed by atoms with van der Waals surface area (Å²) in [5, 5.41) is 16.7. The van der Waals surface area contributed by atoms with Crippen LogP contribution in [-0.4, -0.2) is 87.0 Å². The van der Waals surface area contributed by atoms with Crippen molar-refractivity contribution in [3.63, 3.8) is 0 Å². The average molecular weight is 592 g/mol. The maximum atomic E-state index is 10.7. The number of aromatic nitrogens is 4. The standard InChI is InChI=1S/C34H37N7O3/c1-3-8-25-26-19-43-32-28-30(36-29(37-32)24-18-23(42)17-22-10-5-9-21(4-2)27(22)24)38-33(39-31(28)41(26)16-13-35-25)44-20-34-11-6-14-40(34)15-7-12-34/h2,5,9-10,17-18,25-26,35,42H,3,6-8,11-16,19-20H2,1H3. The first-order valence-corrected chi connectivity index (χ1v) is 15.9. The molecule has 4 aliphatic heterocycles. The number of ether oxygens (including phenoxy) is 2. The van der Waals surface area contributed by atoms with Crippen molar-refractivity contribution in [1.82, 2.24) is 30.2 Å². The second-order valence-electron chi connectivity index (χ2n) is 12.6. The first-order valence-electron chi connectivity index (χ1n) is 15.9. The van der Waals surface area contributed by atoms with E-state index in [0.29, 0.717) is 53.1 Å². The Morgan fingerprint density at radius 2 is 1.98 bits per heavy atom. The number of aromatic hydroxyl groups is 1. The summed E-state index contributed by atoms with van der Waals surface area (Å²) in [4.78, 5) is 24.8. The molecule has 4 aliphatic rings. The van der Waals surface area contributed by atoms with E-state index < -0.39 is 0 Å². The van der Waals surface area contributed by atoms with Crippen LogP contribution in [-0.2, 0) is 0 Å².